The molecule has 0 saturated heterocycles. The Morgan fingerprint density at radius 2 is 1.68 bits per heavy atom. The van der Waals surface area contributed by atoms with Crippen molar-refractivity contribution >= 4 is 41.1 Å². The molecule has 0 unspecified atom stereocenters. The Labute approximate surface area is 269 Å². The molecule has 3 rings (SSSR count). The third kappa shape index (κ3) is 8.26. The largest absolute Gasteiger partial charge is 0.493 e. The zero-order valence-electron chi connectivity index (χ0n) is 27.1. The molecule has 12 nitrogen and oxygen atoms in total. The minimum atomic E-state index is -5.39. The fraction of sp³-hybridized carbons (Fsp3) is 0.438. The number of carbonyl (C=O) groups excluding carboxylic acids is 5. The molecule has 254 valence electrons. The minimum absolute atomic E-state index is 0.0172. The number of halogens is 3. The average Bonchev–Trinajstić information content (AvgIpc) is 3.27. The number of alkyl halides is 3. The van der Waals surface area contributed by atoms with Crippen molar-refractivity contribution in [1.82, 2.24) is 10.2 Å². The normalized spacial score (nSPS) is 12.7. The summed E-state index contributed by atoms with van der Waals surface area (Å²) in [4.78, 5) is 64.9. The van der Waals surface area contributed by atoms with Gasteiger partial charge in [-0.3, -0.25) is 19.8 Å². The fourth-order valence-corrected chi connectivity index (χ4v) is 4.98. The monoisotopic (exact) mass is 662 g/mol. The summed E-state index contributed by atoms with van der Waals surface area (Å²) < 4.78 is 52.9. The number of carbonyl (C=O) groups is 5. The van der Waals surface area contributed by atoms with E-state index < -0.39 is 47.7 Å². The van der Waals surface area contributed by atoms with Crippen LogP contribution < -0.4 is 19.7 Å². The molecule has 1 aliphatic rings. The molecule has 2 aromatic carbocycles. The first-order chi connectivity index (χ1) is 21.8. The van der Waals surface area contributed by atoms with Crippen molar-refractivity contribution in [3.05, 3.63) is 52.1 Å². The number of esters is 2. The molecule has 0 aliphatic carbocycles. The van der Waals surface area contributed by atoms with E-state index in [1.165, 1.54) is 35.9 Å². The van der Waals surface area contributed by atoms with Gasteiger partial charge in [-0.1, -0.05) is 20.8 Å². The summed E-state index contributed by atoms with van der Waals surface area (Å²) >= 11 is 0. The Balaban J connectivity index is 2.01. The number of amidine groups is 1. The molecule has 0 aromatic heterocycles. The number of hydrogen-bond donors (Lipinski definition) is 2. The lowest BCUT2D eigenvalue weighted by Gasteiger charge is -2.29. The van der Waals surface area contributed by atoms with Crippen LogP contribution in [0, 0.1) is 5.41 Å². The van der Waals surface area contributed by atoms with Crippen LogP contribution in [0.4, 0.5) is 18.9 Å². The number of nitrogens with zero attached hydrogens (tertiary/aromatic N) is 2. The summed E-state index contributed by atoms with van der Waals surface area (Å²) in [5.74, 6) is -5.29. The number of ether oxygens (including phenoxy) is 3. The van der Waals surface area contributed by atoms with Gasteiger partial charge in [-0.2, -0.15) is 13.2 Å². The summed E-state index contributed by atoms with van der Waals surface area (Å²) in [7, 11) is 1.48. The second-order valence-electron chi connectivity index (χ2n) is 11.6. The minimum Gasteiger partial charge on any atom is -0.493 e. The number of anilines is 1. The van der Waals surface area contributed by atoms with Gasteiger partial charge < -0.3 is 29.3 Å². The smallest absolute Gasteiger partial charge is 0.491 e. The van der Waals surface area contributed by atoms with E-state index >= 15 is 0 Å². The summed E-state index contributed by atoms with van der Waals surface area (Å²) in [6.45, 7) is 9.22. The highest BCUT2D eigenvalue weighted by Crippen LogP contribution is 2.41. The van der Waals surface area contributed by atoms with E-state index in [2.05, 4.69) is 10.1 Å². The molecule has 0 radical (unpaired) electrons. The van der Waals surface area contributed by atoms with E-state index in [1.54, 1.807) is 46.8 Å². The predicted octanol–water partition coefficient (Wildman–Crippen LogP) is 4.15. The quantitative estimate of drug-likeness (QED) is 0.205. The maximum atomic E-state index is 13.8. The van der Waals surface area contributed by atoms with Crippen LogP contribution >= 0.6 is 0 Å². The summed E-state index contributed by atoms with van der Waals surface area (Å²) in [6.07, 6.45) is -5.39. The Morgan fingerprint density at radius 1 is 1.02 bits per heavy atom. The van der Waals surface area contributed by atoms with Crippen LogP contribution in [0.5, 0.6) is 11.5 Å². The Hall–Kier alpha value is -4.95. The van der Waals surface area contributed by atoms with Crippen LogP contribution in [-0.2, 0) is 31.1 Å². The van der Waals surface area contributed by atoms with E-state index in [0.717, 1.165) is 0 Å². The SMILES string of the molecule is CCOc1cc2c(cc1C(=O)NC)C(=N)N(CC(=O)c1cc(N(CC)C(C)=O)c(OCC(=O)OC(=O)C(F)(F)F)c(C(C)(C)C)c1)C2. The number of nitrogens with one attached hydrogen (secondary N) is 2. The summed E-state index contributed by atoms with van der Waals surface area (Å²) in [6, 6.07) is 6.08. The van der Waals surface area contributed by atoms with Gasteiger partial charge in [-0.15, -0.1) is 0 Å². The van der Waals surface area contributed by atoms with Crippen molar-refractivity contribution in [2.75, 3.05) is 38.3 Å². The van der Waals surface area contributed by atoms with Gasteiger partial charge in [0.2, 0.25) is 5.91 Å². The Bertz CT molecular complexity index is 1610. The lowest BCUT2D eigenvalue weighted by Crippen LogP contribution is -2.33. The van der Waals surface area contributed by atoms with Crippen molar-refractivity contribution < 1.29 is 51.4 Å². The van der Waals surface area contributed by atoms with Crippen molar-refractivity contribution in [2.24, 2.45) is 0 Å². The Kier molecular flexibility index (Phi) is 11.0. The molecule has 1 heterocycles. The van der Waals surface area contributed by atoms with Gasteiger partial charge in [0.05, 0.1) is 24.4 Å². The second kappa shape index (κ2) is 14.2. The molecule has 0 atom stereocenters. The molecule has 2 amide bonds. The molecule has 1 aliphatic heterocycles. The van der Waals surface area contributed by atoms with E-state index in [4.69, 9.17) is 14.9 Å². The highest BCUT2D eigenvalue weighted by molar-refractivity contribution is 6.08. The molecule has 0 saturated carbocycles. The zero-order chi connectivity index (χ0) is 35.4. The third-order valence-corrected chi connectivity index (χ3v) is 7.20. The third-order valence-electron chi connectivity index (χ3n) is 7.20. The van der Waals surface area contributed by atoms with Crippen LogP contribution in [-0.4, -0.2) is 79.8 Å². The molecule has 15 heteroatoms. The topological polar surface area (TPSA) is 155 Å². The van der Waals surface area contributed by atoms with Crippen molar-refractivity contribution in [1.29, 1.82) is 5.41 Å². The predicted molar refractivity (Wildman–Crippen MR) is 164 cm³/mol. The number of hydrogen-bond acceptors (Lipinski definition) is 9. The van der Waals surface area contributed by atoms with Gasteiger partial charge in [0.25, 0.3) is 5.91 Å². The van der Waals surface area contributed by atoms with Gasteiger partial charge in [-0.25, -0.2) is 9.59 Å². The number of ketones is 1. The second-order valence-corrected chi connectivity index (χ2v) is 11.6. The van der Waals surface area contributed by atoms with Crippen LogP contribution in [0.25, 0.3) is 0 Å². The first-order valence-corrected chi connectivity index (χ1v) is 14.6. The Morgan fingerprint density at radius 3 is 2.21 bits per heavy atom. The number of amides is 2. The molecule has 0 fully saturated rings. The highest BCUT2D eigenvalue weighted by Gasteiger charge is 2.42. The van der Waals surface area contributed by atoms with Crippen LogP contribution in [0.15, 0.2) is 24.3 Å². The summed E-state index contributed by atoms with van der Waals surface area (Å²) in [5, 5.41) is 11.3. The average molecular weight is 663 g/mol. The molecular formula is C32H37F3N4O8. The van der Waals surface area contributed by atoms with Gasteiger partial charge in [0, 0.05) is 43.8 Å². The van der Waals surface area contributed by atoms with E-state index in [9.17, 15) is 37.1 Å². The summed E-state index contributed by atoms with van der Waals surface area (Å²) in [5.41, 5.74) is 1.15. The van der Waals surface area contributed by atoms with E-state index in [0.29, 0.717) is 29.0 Å². The first kappa shape index (κ1) is 36.5. The van der Waals surface area contributed by atoms with Gasteiger partial charge in [0.1, 0.15) is 17.3 Å². The maximum absolute atomic E-state index is 13.8. The zero-order valence-corrected chi connectivity index (χ0v) is 27.1. The highest BCUT2D eigenvalue weighted by atomic mass is 19.4. The van der Waals surface area contributed by atoms with Crippen LogP contribution in [0.3, 0.4) is 0 Å². The molecule has 47 heavy (non-hydrogen) atoms. The van der Waals surface area contributed by atoms with Crippen molar-refractivity contribution in [2.45, 2.75) is 59.7 Å². The standard InChI is InChI=1S/C32H37F3N4O8/c1-8-39(17(3)40)23-11-18(10-22(31(4,5)6)27(23)46-16-26(42)47-30(44)32(33,34)35)24(41)15-38-14-19-12-25(45-9-2)21(29(43)37-7)13-20(19)28(38)36/h10-13,36H,8-9,14-16H2,1-7H3,(H,37,43). The van der Waals surface area contributed by atoms with Crippen molar-refractivity contribution in [3.63, 3.8) is 0 Å². The number of fused-ring (bicyclic) bond motifs is 1. The van der Waals surface area contributed by atoms with Gasteiger partial charge in [0.15, 0.2) is 12.4 Å². The first-order valence-electron chi connectivity index (χ1n) is 14.6. The lowest BCUT2D eigenvalue weighted by atomic mass is 9.84. The molecule has 0 spiro atoms. The van der Waals surface area contributed by atoms with Crippen LogP contribution in [0.2, 0.25) is 0 Å². The van der Waals surface area contributed by atoms with E-state index in [1.807, 2.05) is 0 Å². The van der Waals surface area contributed by atoms with E-state index in [-0.39, 0.29) is 48.0 Å². The van der Waals surface area contributed by atoms with Gasteiger partial charge in [-0.05, 0) is 49.1 Å². The molecule has 2 aromatic rings. The molecule has 0 bridgehead atoms. The number of benzene rings is 2. The van der Waals surface area contributed by atoms with Crippen LogP contribution in [0.1, 0.15) is 78.9 Å². The molecular weight excluding hydrogens is 625 g/mol. The fourth-order valence-electron chi connectivity index (χ4n) is 4.98. The van der Waals surface area contributed by atoms with Crippen molar-refractivity contribution in [3.8, 4) is 11.5 Å². The number of Topliss-reactive ketones (excluding diaryl/α,β-unsaturated/α-hetero) is 1. The molecule has 2 N–H and O–H groups in total. The maximum Gasteiger partial charge on any atom is 0.491 e. The lowest BCUT2D eigenvalue weighted by molar-refractivity contribution is -0.202. The number of rotatable bonds is 11. The van der Waals surface area contributed by atoms with Gasteiger partial charge >= 0.3 is 18.1 Å².